The van der Waals surface area contributed by atoms with Crippen molar-refractivity contribution in [1.29, 1.82) is 0 Å². The fourth-order valence-corrected chi connectivity index (χ4v) is 2.23. The minimum Gasteiger partial charge on any atom is -0.494 e. The van der Waals surface area contributed by atoms with Crippen molar-refractivity contribution in [3.63, 3.8) is 0 Å². The first-order valence-electron chi connectivity index (χ1n) is 5.90. The Hall–Kier alpha value is -0.730. The summed E-state index contributed by atoms with van der Waals surface area (Å²) in [7, 11) is 0. The molecule has 0 aromatic heterocycles. The highest BCUT2D eigenvalue weighted by atomic mass is 35.5. The zero-order valence-electron chi connectivity index (χ0n) is 9.36. The molecule has 3 heteroatoms. The lowest BCUT2D eigenvalue weighted by atomic mass is 9.92. The topological polar surface area (TPSA) is 21.3 Å². The summed E-state index contributed by atoms with van der Waals surface area (Å²) in [5, 5.41) is 3.87. The van der Waals surface area contributed by atoms with E-state index in [0.717, 1.165) is 38.2 Å². The van der Waals surface area contributed by atoms with Crippen molar-refractivity contribution in [3.8, 4) is 5.75 Å². The minimum absolute atomic E-state index is 0.401. The molecule has 1 aliphatic carbocycles. The van der Waals surface area contributed by atoms with Crippen LogP contribution in [0, 0.1) is 0 Å². The maximum absolute atomic E-state index is 5.90. The standard InChI is InChI=1S/C13H18ClNO/c14-11-9-12(10-11)15-7-4-8-16-13-5-2-1-3-6-13/h1-3,5-6,11-12,15H,4,7-10H2. The molecule has 0 radical (unpaired) electrons. The molecule has 0 saturated heterocycles. The fraction of sp³-hybridized carbons (Fsp3) is 0.538. The van der Waals surface area contributed by atoms with Crippen molar-refractivity contribution < 1.29 is 4.74 Å². The number of halogens is 1. The zero-order valence-corrected chi connectivity index (χ0v) is 10.1. The monoisotopic (exact) mass is 239 g/mol. The van der Waals surface area contributed by atoms with Gasteiger partial charge in [-0.3, -0.25) is 0 Å². The summed E-state index contributed by atoms with van der Waals surface area (Å²) in [5.41, 5.74) is 0. The molecule has 2 rings (SSSR count). The smallest absolute Gasteiger partial charge is 0.119 e. The summed E-state index contributed by atoms with van der Waals surface area (Å²) >= 11 is 5.90. The number of hydrogen-bond donors (Lipinski definition) is 1. The normalized spacial score (nSPS) is 23.8. The van der Waals surface area contributed by atoms with Crippen molar-refractivity contribution in [2.45, 2.75) is 30.7 Å². The van der Waals surface area contributed by atoms with E-state index in [1.165, 1.54) is 0 Å². The van der Waals surface area contributed by atoms with Crippen molar-refractivity contribution >= 4 is 11.6 Å². The molecule has 1 fully saturated rings. The Bertz CT molecular complexity index is 298. The van der Waals surface area contributed by atoms with Crippen molar-refractivity contribution in [2.75, 3.05) is 13.2 Å². The SMILES string of the molecule is ClC1CC(NCCCOc2ccccc2)C1. The molecule has 0 heterocycles. The molecule has 1 aromatic rings. The van der Waals surface area contributed by atoms with Crippen molar-refractivity contribution in [1.82, 2.24) is 5.32 Å². The van der Waals surface area contributed by atoms with Crippen molar-refractivity contribution in [2.24, 2.45) is 0 Å². The van der Waals surface area contributed by atoms with E-state index in [1.807, 2.05) is 30.3 Å². The van der Waals surface area contributed by atoms with Crippen molar-refractivity contribution in [3.05, 3.63) is 30.3 Å². The predicted molar refractivity (Wildman–Crippen MR) is 67.2 cm³/mol. The van der Waals surface area contributed by atoms with Crippen LogP contribution in [0.5, 0.6) is 5.75 Å². The molecule has 2 nitrogen and oxygen atoms in total. The van der Waals surface area contributed by atoms with Crippen LogP contribution in [0.3, 0.4) is 0 Å². The van der Waals surface area contributed by atoms with Gasteiger partial charge in [0, 0.05) is 11.4 Å². The van der Waals surface area contributed by atoms with E-state index in [9.17, 15) is 0 Å². The van der Waals surface area contributed by atoms with E-state index in [1.54, 1.807) is 0 Å². The first kappa shape index (κ1) is 11.7. The van der Waals surface area contributed by atoms with Crippen LogP contribution in [0.15, 0.2) is 30.3 Å². The number of rotatable bonds is 6. The van der Waals surface area contributed by atoms with Crippen LogP contribution in [0.4, 0.5) is 0 Å². The molecular formula is C13H18ClNO. The first-order chi connectivity index (χ1) is 7.84. The van der Waals surface area contributed by atoms with Crippen LogP contribution in [0.2, 0.25) is 0 Å². The molecule has 0 bridgehead atoms. The summed E-state index contributed by atoms with van der Waals surface area (Å²) in [6, 6.07) is 10.6. The molecule has 0 aliphatic heterocycles. The summed E-state index contributed by atoms with van der Waals surface area (Å²) in [4.78, 5) is 0. The third-order valence-electron chi connectivity index (χ3n) is 2.85. The molecule has 0 unspecified atom stereocenters. The van der Waals surface area contributed by atoms with Gasteiger partial charge in [-0.1, -0.05) is 18.2 Å². The largest absolute Gasteiger partial charge is 0.494 e. The highest BCUT2D eigenvalue weighted by Crippen LogP contribution is 2.24. The average Bonchev–Trinajstić information content (AvgIpc) is 2.27. The third-order valence-corrected chi connectivity index (χ3v) is 3.20. The molecule has 0 amide bonds. The van der Waals surface area contributed by atoms with Gasteiger partial charge >= 0.3 is 0 Å². The zero-order chi connectivity index (χ0) is 11.2. The van der Waals surface area contributed by atoms with Crippen LogP contribution in [0.25, 0.3) is 0 Å². The van der Waals surface area contributed by atoms with E-state index in [-0.39, 0.29) is 0 Å². The van der Waals surface area contributed by atoms with Gasteiger partial charge in [-0.15, -0.1) is 11.6 Å². The van der Waals surface area contributed by atoms with Crippen LogP contribution < -0.4 is 10.1 Å². The molecule has 1 aliphatic rings. The second-order valence-electron chi connectivity index (χ2n) is 4.23. The lowest BCUT2D eigenvalue weighted by molar-refractivity contribution is 0.290. The Morgan fingerprint density at radius 1 is 1.25 bits per heavy atom. The number of nitrogens with one attached hydrogen (secondary N) is 1. The van der Waals surface area contributed by atoms with Gasteiger partial charge in [0.05, 0.1) is 6.61 Å². The Balaban J connectivity index is 1.49. The van der Waals surface area contributed by atoms with Gasteiger partial charge < -0.3 is 10.1 Å². The Morgan fingerprint density at radius 2 is 2.00 bits per heavy atom. The maximum atomic E-state index is 5.90. The van der Waals surface area contributed by atoms with Gasteiger partial charge in [0.25, 0.3) is 0 Å². The van der Waals surface area contributed by atoms with Crippen LogP contribution in [-0.2, 0) is 0 Å². The summed E-state index contributed by atoms with van der Waals surface area (Å²) in [5.74, 6) is 0.951. The lowest BCUT2D eigenvalue weighted by Crippen LogP contribution is -2.42. The predicted octanol–water partition coefficient (Wildman–Crippen LogP) is 2.81. The molecule has 0 atom stereocenters. The van der Waals surface area contributed by atoms with E-state index in [4.69, 9.17) is 16.3 Å². The van der Waals surface area contributed by atoms with E-state index in [2.05, 4.69) is 5.32 Å². The number of hydrogen-bond acceptors (Lipinski definition) is 2. The molecule has 0 spiro atoms. The maximum Gasteiger partial charge on any atom is 0.119 e. The van der Waals surface area contributed by atoms with Gasteiger partial charge in [-0.2, -0.15) is 0 Å². The number of benzene rings is 1. The number of alkyl halides is 1. The minimum atomic E-state index is 0.401. The Morgan fingerprint density at radius 3 is 2.69 bits per heavy atom. The quantitative estimate of drug-likeness (QED) is 0.609. The Kier molecular flexibility index (Phi) is 4.49. The Labute approximate surface area is 102 Å². The summed E-state index contributed by atoms with van der Waals surface area (Å²) < 4.78 is 5.59. The van der Waals surface area contributed by atoms with E-state index in [0.29, 0.717) is 11.4 Å². The molecule has 1 N–H and O–H groups in total. The number of para-hydroxylation sites is 1. The van der Waals surface area contributed by atoms with Crippen LogP contribution in [-0.4, -0.2) is 24.6 Å². The highest BCUT2D eigenvalue weighted by molar-refractivity contribution is 6.21. The first-order valence-corrected chi connectivity index (χ1v) is 6.33. The van der Waals surface area contributed by atoms with E-state index < -0.39 is 0 Å². The highest BCUT2D eigenvalue weighted by Gasteiger charge is 2.25. The third kappa shape index (κ3) is 3.69. The second kappa shape index (κ2) is 6.12. The second-order valence-corrected chi connectivity index (χ2v) is 4.85. The van der Waals surface area contributed by atoms with Gasteiger partial charge in [0.2, 0.25) is 0 Å². The molecule has 1 aromatic carbocycles. The molecule has 16 heavy (non-hydrogen) atoms. The van der Waals surface area contributed by atoms with Gasteiger partial charge in [0.1, 0.15) is 5.75 Å². The van der Waals surface area contributed by atoms with Crippen LogP contribution in [0.1, 0.15) is 19.3 Å². The fourth-order valence-electron chi connectivity index (χ4n) is 1.80. The average molecular weight is 240 g/mol. The summed E-state index contributed by atoms with van der Waals surface area (Å²) in [6.07, 6.45) is 3.26. The van der Waals surface area contributed by atoms with Crippen LogP contribution >= 0.6 is 11.6 Å². The summed E-state index contributed by atoms with van der Waals surface area (Å²) in [6.45, 7) is 1.79. The lowest BCUT2D eigenvalue weighted by Gasteiger charge is -2.31. The molecule has 88 valence electrons. The van der Waals surface area contributed by atoms with Gasteiger partial charge in [0.15, 0.2) is 0 Å². The molecular weight excluding hydrogens is 222 g/mol. The number of ether oxygens (including phenoxy) is 1. The van der Waals surface area contributed by atoms with E-state index >= 15 is 0 Å². The van der Waals surface area contributed by atoms with Gasteiger partial charge in [-0.05, 0) is 37.9 Å². The molecule has 1 saturated carbocycles. The van der Waals surface area contributed by atoms with Gasteiger partial charge in [-0.25, -0.2) is 0 Å².